The average molecular weight is 475 g/mol. The van der Waals surface area contributed by atoms with Crippen molar-refractivity contribution in [3.8, 4) is 0 Å². The number of hydrogen-bond donors (Lipinski definition) is 2. The van der Waals surface area contributed by atoms with Crippen LogP contribution < -0.4 is 4.72 Å². The van der Waals surface area contributed by atoms with Gasteiger partial charge in [0.05, 0.1) is 10.9 Å². The molecule has 7 heteroatoms. The van der Waals surface area contributed by atoms with E-state index in [0.717, 1.165) is 45.3 Å². The lowest BCUT2D eigenvalue weighted by molar-refractivity contribution is 0.0142. The normalized spacial score (nSPS) is 30.3. The minimum absolute atomic E-state index is 0. The molecule has 0 amide bonds. The van der Waals surface area contributed by atoms with Crippen LogP contribution in [0.5, 0.6) is 0 Å². The van der Waals surface area contributed by atoms with Crippen LogP contribution in [0, 0.1) is 11.8 Å². The molecular weight excluding hydrogens is 444 g/mol. The van der Waals surface area contributed by atoms with Crippen LogP contribution in [0.2, 0.25) is 0 Å². The summed E-state index contributed by atoms with van der Waals surface area (Å²) in [7, 11) is -3.24. The zero-order chi connectivity index (χ0) is 21.4. The number of nitrogens with one attached hydrogen (secondary N) is 1. The number of benzene rings is 2. The molecule has 0 spiro atoms. The summed E-state index contributed by atoms with van der Waals surface area (Å²) < 4.78 is 27.4. The molecule has 4 aliphatic rings. The number of likely N-dealkylation sites (tertiary alicyclic amines) is 1. The topological polar surface area (TPSA) is 69.6 Å². The molecule has 6 rings (SSSR count). The Kier molecular flexibility index (Phi) is 5.17. The molecule has 32 heavy (non-hydrogen) atoms. The molecule has 1 saturated heterocycles. The highest BCUT2D eigenvalue weighted by molar-refractivity contribution is 7.93. The Morgan fingerprint density at radius 3 is 2.25 bits per heavy atom. The zero-order valence-electron chi connectivity index (χ0n) is 18.3. The van der Waals surface area contributed by atoms with E-state index < -0.39 is 15.6 Å². The van der Waals surface area contributed by atoms with E-state index in [4.69, 9.17) is 0 Å². The minimum atomic E-state index is -3.24. The highest BCUT2D eigenvalue weighted by Crippen LogP contribution is 2.63. The second-order valence-electron chi connectivity index (χ2n) is 10.5. The molecule has 0 radical (unpaired) electrons. The molecule has 0 bridgehead atoms. The lowest BCUT2D eigenvalue weighted by Crippen LogP contribution is -2.44. The Morgan fingerprint density at radius 2 is 1.66 bits per heavy atom. The third-order valence-electron chi connectivity index (χ3n) is 8.21. The highest BCUT2D eigenvalue weighted by Gasteiger charge is 2.66. The van der Waals surface area contributed by atoms with Crippen LogP contribution in [0.4, 0.5) is 5.69 Å². The van der Waals surface area contributed by atoms with Crippen LogP contribution in [0.15, 0.2) is 48.5 Å². The van der Waals surface area contributed by atoms with Gasteiger partial charge in [0.2, 0.25) is 10.0 Å². The summed E-state index contributed by atoms with van der Waals surface area (Å²) in [6.07, 6.45) is 3.03. The summed E-state index contributed by atoms with van der Waals surface area (Å²) in [5.74, 6) is 1.13. The number of β-amino-alcohol motifs (C(OH)–C–C–N with tert-alkyl or cyclic N) is 1. The summed E-state index contributed by atoms with van der Waals surface area (Å²) in [6, 6.07) is 16.4. The number of anilines is 1. The van der Waals surface area contributed by atoms with Gasteiger partial charge in [-0.2, -0.15) is 0 Å². The van der Waals surface area contributed by atoms with Crippen molar-refractivity contribution in [2.75, 3.05) is 24.4 Å². The second kappa shape index (κ2) is 7.45. The molecule has 3 fully saturated rings. The fraction of sp³-hybridized carbons (Fsp3) is 0.520. The average Bonchev–Trinajstić information content (AvgIpc) is 3.57. The number of hydrogen-bond acceptors (Lipinski definition) is 4. The fourth-order valence-corrected chi connectivity index (χ4v) is 7.64. The van der Waals surface area contributed by atoms with E-state index >= 15 is 0 Å². The zero-order valence-corrected chi connectivity index (χ0v) is 20.0. The summed E-state index contributed by atoms with van der Waals surface area (Å²) in [5, 5.41) is 11.0. The molecule has 1 heterocycles. The largest absolute Gasteiger partial charge is 0.388 e. The third kappa shape index (κ3) is 3.65. The molecule has 2 saturated carbocycles. The Labute approximate surface area is 196 Å². The van der Waals surface area contributed by atoms with E-state index in [1.54, 1.807) is 0 Å². The van der Waals surface area contributed by atoms with Gasteiger partial charge in [-0.15, -0.1) is 12.4 Å². The van der Waals surface area contributed by atoms with Crippen LogP contribution in [0.25, 0.3) is 0 Å². The smallest absolute Gasteiger partial charge is 0.235 e. The first-order valence-corrected chi connectivity index (χ1v) is 13.0. The van der Waals surface area contributed by atoms with Crippen LogP contribution in [0.3, 0.4) is 0 Å². The van der Waals surface area contributed by atoms with Crippen LogP contribution >= 0.6 is 12.4 Å². The van der Waals surface area contributed by atoms with E-state index in [1.165, 1.54) is 16.7 Å². The van der Waals surface area contributed by atoms with Crippen molar-refractivity contribution in [1.82, 2.24) is 4.90 Å². The standard InChI is InChI=1S/C25H30N2O3S.ClH/c1-24(19-7-4-8-20(11-19)26-31(29,30)21-9-10-21)22-14-27(15-23(22)24)16-25(28)12-17-5-2-3-6-18(17)13-25;/h2-8,11,21-23,26,28H,9-10,12-16H2,1H3;1H/t22-,23+,24+;. The maximum absolute atomic E-state index is 12.3. The molecule has 3 atom stereocenters. The predicted octanol–water partition coefficient (Wildman–Crippen LogP) is 3.36. The Balaban J connectivity index is 0.00000216. The SMILES string of the molecule is C[C@]1(c2cccc(NS(=O)(=O)C3CC3)c2)[C@@H]2CN(CC3(O)Cc4ccccc4C3)C[C@@H]21.Cl. The van der Waals surface area contributed by atoms with Gasteiger partial charge in [0, 0.05) is 43.6 Å². The van der Waals surface area contributed by atoms with Crippen molar-refractivity contribution in [3.63, 3.8) is 0 Å². The van der Waals surface area contributed by atoms with E-state index in [1.807, 2.05) is 18.2 Å². The Morgan fingerprint density at radius 1 is 1.03 bits per heavy atom. The summed E-state index contributed by atoms with van der Waals surface area (Å²) in [4.78, 5) is 2.43. The number of sulfonamides is 1. The summed E-state index contributed by atoms with van der Waals surface area (Å²) in [5.41, 5.74) is 3.92. The molecule has 5 nitrogen and oxygen atoms in total. The number of aliphatic hydroxyl groups is 1. The molecular formula is C25H31ClN2O3S. The lowest BCUT2D eigenvalue weighted by Gasteiger charge is -2.31. The lowest BCUT2D eigenvalue weighted by atomic mass is 9.91. The van der Waals surface area contributed by atoms with Crippen molar-refractivity contribution in [2.45, 2.75) is 48.9 Å². The maximum Gasteiger partial charge on any atom is 0.235 e. The van der Waals surface area contributed by atoms with Crippen LogP contribution in [0.1, 0.15) is 36.5 Å². The molecule has 2 aromatic rings. The number of nitrogens with zero attached hydrogens (tertiary/aromatic N) is 1. The first kappa shape index (κ1) is 22.2. The number of halogens is 1. The van der Waals surface area contributed by atoms with Gasteiger partial charge in [0.25, 0.3) is 0 Å². The van der Waals surface area contributed by atoms with Gasteiger partial charge in [-0.05, 0) is 53.5 Å². The molecule has 2 aromatic carbocycles. The first-order valence-electron chi connectivity index (χ1n) is 11.4. The monoisotopic (exact) mass is 474 g/mol. The van der Waals surface area contributed by atoms with E-state index in [9.17, 15) is 13.5 Å². The van der Waals surface area contributed by atoms with Crippen LogP contribution in [-0.4, -0.2) is 48.9 Å². The van der Waals surface area contributed by atoms with Crippen molar-refractivity contribution >= 4 is 28.1 Å². The van der Waals surface area contributed by atoms with Gasteiger partial charge in [0.1, 0.15) is 0 Å². The Hall–Kier alpha value is -1.60. The van der Waals surface area contributed by atoms with Crippen molar-refractivity contribution < 1.29 is 13.5 Å². The number of piperidine rings is 1. The van der Waals surface area contributed by atoms with Gasteiger partial charge in [-0.3, -0.25) is 9.62 Å². The fourth-order valence-electron chi connectivity index (χ4n) is 6.27. The van der Waals surface area contributed by atoms with E-state index in [2.05, 4.69) is 46.9 Å². The molecule has 2 N–H and O–H groups in total. The molecule has 1 aliphatic heterocycles. The molecule has 3 aliphatic carbocycles. The highest BCUT2D eigenvalue weighted by atomic mass is 35.5. The maximum atomic E-state index is 12.3. The first-order chi connectivity index (χ1) is 14.8. The van der Waals surface area contributed by atoms with Gasteiger partial charge in [0.15, 0.2) is 0 Å². The quantitative estimate of drug-likeness (QED) is 0.673. The Bertz CT molecular complexity index is 1110. The summed E-state index contributed by atoms with van der Waals surface area (Å²) >= 11 is 0. The molecule has 0 aromatic heterocycles. The minimum Gasteiger partial charge on any atom is -0.388 e. The molecule has 172 valence electrons. The molecule has 0 unspecified atom stereocenters. The summed E-state index contributed by atoms with van der Waals surface area (Å²) in [6.45, 7) is 5.04. The van der Waals surface area contributed by atoms with Gasteiger partial charge < -0.3 is 5.11 Å². The van der Waals surface area contributed by atoms with Gasteiger partial charge in [-0.1, -0.05) is 43.3 Å². The van der Waals surface area contributed by atoms with E-state index in [0.29, 0.717) is 17.5 Å². The second-order valence-corrected chi connectivity index (χ2v) is 12.4. The van der Waals surface area contributed by atoms with Gasteiger partial charge >= 0.3 is 0 Å². The van der Waals surface area contributed by atoms with Crippen molar-refractivity contribution in [2.24, 2.45) is 11.8 Å². The number of fused-ring (bicyclic) bond motifs is 2. The van der Waals surface area contributed by atoms with Crippen molar-refractivity contribution in [1.29, 1.82) is 0 Å². The van der Waals surface area contributed by atoms with Crippen LogP contribution in [-0.2, 0) is 28.3 Å². The third-order valence-corrected chi connectivity index (χ3v) is 10.1. The van der Waals surface area contributed by atoms with E-state index in [-0.39, 0.29) is 23.1 Å². The predicted molar refractivity (Wildman–Crippen MR) is 129 cm³/mol. The van der Waals surface area contributed by atoms with Crippen molar-refractivity contribution in [3.05, 3.63) is 65.2 Å². The number of rotatable bonds is 6. The van der Waals surface area contributed by atoms with Gasteiger partial charge in [-0.25, -0.2) is 8.42 Å².